The van der Waals surface area contributed by atoms with Crippen LogP contribution < -0.4 is 0 Å². The fourth-order valence-corrected chi connectivity index (χ4v) is 3.69. The lowest BCUT2D eigenvalue weighted by Crippen LogP contribution is -2.47. The number of amides is 2. The molecule has 2 amide bonds. The fraction of sp³-hybridized carbons (Fsp3) is 0.556. The highest BCUT2D eigenvalue weighted by Gasteiger charge is 2.40. The number of rotatable bonds is 2. The summed E-state index contributed by atoms with van der Waals surface area (Å²) in [5, 5.41) is 0. The fourth-order valence-electron chi connectivity index (χ4n) is 3.69. The Balaban J connectivity index is 1.90. The van der Waals surface area contributed by atoms with Crippen LogP contribution in [0.15, 0.2) is 24.3 Å². The first-order chi connectivity index (χ1) is 10.6. The van der Waals surface area contributed by atoms with E-state index in [1.165, 1.54) is 5.56 Å². The standard InChI is InChI=1S/C18H24N2O2/c1-13-5-7-14(8-6-13)17-15(9-10-16(21)19(17)2)18(22)20-11-3-4-12-20/h5-8,15,17H,3-4,9-12H2,1-2H3/t15-,17-/m0/s1. The van der Waals surface area contributed by atoms with Crippen LogP contribution in [0.2, 0.25) is 0 Å². The summed E-state index contributed by atoms with van der Waals surface area (Å²) in [7, 11) is 1.83. The van der Waals surface area contributed by atoms with Crippen molar-refractivity contribution in [3.8, 4) is 0 Å². The molecule has 0 N–H and O–H groups in total. The minimum absolute atomic E-state index is 0.108. The molecule has 2 atom stereocenters. The van der Waals surface area contributed by atoms with Crippen molar-refractivity contribution in [2.75, 3.05) is 20.1 Å². The Morgan fingerprint density at radius 2 is 1.77 bits per heavy atom. The average molecular weight is 300 g/mol. The van der Waals surface area contributed by atoms with Crippen molar-refractivity contribution < 1.29 is 9.59 Å². The summed E-state index contributed by atoms with van der Waals surface area (Å²) in [4.78, 5) is 28.8. The number of hydrogen-bond donors (Lipinski definition) is 0. The molecule has 4 heteroatoms. The van der Waals surface area contributed by atoms with Crippen LogP contribution in [0.5, 0.6) is 0 Å². The number of carbonyl (C=O) groups is 2. The molecule has 2 saturated heterocycles. The van der Waals surface area contributed by atoms with E-state index in [1.54, 1.807) is 4.90 Å². The van der Waals surface area contributed by atoms with Crippen molar-refractivity contribution in [1.82, 2.24) is 9.80 Å². The molecule has 22 heavy (non-hydrogen) atoms. The summed E-state index contributed by atoms with van der Waals surface area (Å²) < 4.78 is 0. The second kappa shape index (κ2) is 6.11. The van der Waals surface area contributed by atoms with E-state index >= 15 is 0 Å². The summed E-state index contributed by atoms with van der Waals surface area (Å²) in [6.07, 6.45) is 3.34. The molecule has 0 bridgehead atoms. The molecule has 1 aromatic carbocycles. The van der Waals surface area contributed by atoms with Crippen molar-refractivity contribution in [3.63, 3.8) is 0 Å². The smallest absolute Gasteiger partial charge is 0.228 e. The van der Waals surface area contributed by atoms with Crippen LogP contribution in [-0.4, -0.2) is 41.8 Å². The number of likely N-dealkylation sites (tertiary alicyclic amines) is 2. The summed E-state index contributed by atoms with van der Waals surface area (Å²) >= 11 is 0. The van der Waals surface area contributed by atoms with Gasteiger partial charge in [-0.25, -0.2) is 0 Å². The summed E-state index contributed by atoms with van der Waals surface area (Å²) in [5.41, 5.74) is 2.26. The average Bonchev–Trinajstić information content (AvgIpc) is 3.05. The number of benzene rings is 1. The van der Waals surface area contributed by atoms with Gasteiger partial charge in [-0.2, -0.15) is 0 Å². The molecule has 0 unspecified atom stereocenters. The summed E-state index contributed by atoms with van der Waals surface area (Å²) in [6.45, 7) is 3.79. The van der Waals surface area contributed by atoms with Crippen molar-refractivity contribution >= 4 is 11.8 Å². The second-order valence-corrected chi connectivity index (χ2v) is 6.54. The number of nitrogens with zero attached hydrogens (tertiary/aromatic N) is 2. The van der Waals surface area contributed by atoms with Gasteiger partial charge >= 0.3 is 0 Å². The molecule has 1 aromatic rings. The molecule has 0 saturated carbocycles. The zero-order valence-corrected chi connectivity index (χ0v) is 13.4. The topological polar surface area (TPSA) is 40.6 Å². The number of aryl methyl sites for hydroxylation is 1. The van der Waals surface area contributed by atoms with E-state index in [0.29, 0.717) is 12.8 Å². The van der Waals surface area contributed by atoms with Crippen LogP contribution in [0.25, 0.3) is 0 Å². The molecule has 2 heterocycles. The highest BCUT2D eigenvalue weighted by atomic mass is 16.2. The lowest BCUT2D eigenvalue weighted by molar-refractivity contribution is -0.146. The highest BCUT2D eigenvalue weighted by molar-refractivity contribution is 5.85. The second-order valence-electron chi connectivity index (χ2n) is 6.54. The number of carbonyl (C=O) groups excluding carboxylic acids is 2. The van der Waals surface area contributed by atoms with Crippen LogP contribution >= 0.6 is 0 Å². The van der Waals surface area contributed by atoms with Crippen molar-refractivity contribution in [1.29, 1.82) is 0 Å². The normalized spacial score (nSPS) is 25.6. The third kappa shape index (κ3) is 2.74. The lowest BCUT2D eigenvalue weighted by Gasteiger charge is -2.40. The van der Waals surface area contributed by atoms with E-state index in [0.717, 1.165) is 31.5 Å². The Morgan fingerprint density at radius 3 is 2.41 bits per heavy atom. The maximum atomic E-state index is 12.9. The maximum absolute atomic E-state index is 12.9. The predicted octanol–water partition coefficient (Wildman–Crippen LogP) is 2.53. The van der Waals surface area contributed by atoms with Crippen molar-refractivity contribution in [3.05, 3.63) is 35.4 Å². The Labute approximate surface area is 132 Å². The lowest BCUT2D eigenvalue weighted by atomic mass is 9.83. The Morgan fingerprint density at radius 1 is 1.14 bits per heavy atom. The van der Waals surface area contributed by atoms with E-state index in [9.17, 15) is 9.59 Å². The molecule has 2 fully saturated rings. The molecule has 4 nitrogen and oxygen atoms in total. The molecular formula is C18H24N2O2. The minimum Gasteiger partial charge on any atom is -0.342 e. The first-order valence-corrected chi connectivity index (χ1v) is 8.19. The van der Waals surface area contributed by atoms with E-state index < -0.39 is 0 Å². The first-order valence-electron chi connectivity index (χ1n) is 8.19. The first kappa shape index (κ1) is 15.1. The van der Waals surface area contributed by atoms with Crippen LogP contribution in [0.1, 0.15) is 42.9 Å². The largest absolute Gasteiger partial charge is 0.342 e. The molecular weight excluding hydrogens is 276 g/mol. The van der Waals surface area contributed by atoms with Gasteiger partial charge in [0, 0.05) is 26.6 Å². The Hall–Kier alpha value is -1.84. The van der Waals surface area contributed by atoms with E-state index in [4.69, 9.17) is 0 Å². The monoisotopic (exact) mass is 300 g/mol. The van der Waals surface area contributed by atoms with Crippen LogP contribution in [0, 0.1) is 12.8 Å². The van der Waals surface area contributed by atoms with Gasteiger partial charge in [0.2, 0.25) is 11.8 Å². The Kier molecular flexibility index (Phi) is 4.19. The van der Waals surface area contributed by atoms with Gasteiger partial charge in [-0.1, -0.05) is 29.8 Å². The molecule has 0 aromatic heterocycles. The van der Waals surface area contributed by atoms with E-state index in [2.05, 4.69) is 24.3 Å². The Bertz CT molecular complexity index is 561. The summed E-state index contributed by atoms with van der Waals surface area (Å²) in [5.74, 6) is 0.252. The van der Waals surface area contributed by atoms with Crippen molar-refractivity contribution in [2.24, 2.45) is 5.92 Å². The SMILES string of the molecule is Cc1ccc([C@H]2[C@@H](C(=O)N3CCCC3)CCC(=O)N2C)cc1. The number of hydrogen-bond acceptors (Lipinski definition) is 2. The molecule has 0 spiro atoms. The molecule has 2 aliphatic heterocycles. The molecule has 2 aliphatic rings. The highest BCUT2D eigenvalue weighted by Crippen LogP contribution is 2.37. The van der Waals surface area contributed by atoms with E-state index in [1.807, 2.05) is 18.9 Å². The van der Waals surface area contributed by atoms with Gasteiger partial charge in [0.1, 0.15) is 0 Å². The van der Waals surface area contributed by atoms with Crippen LogP contribution in [-0.2, 0) is 9.59 Å². The van der Waals surface area contributed by atoms with Gasteiger partial charge in [0.15, 0.2) is 0 Å². The van der Waals surface area contributed by atoms with Gasteiger partial charge in [0.25, 0.3) is 0 Å². The van der Waals surface area contributed by atoms with Crippen LogP contribution in [0.3, 0.4) is 0 Å². The van der Waals surface area contributed by atoms with Gasteiger partial charge < -0.3 is 9.80 Å². The zero-order valence-electron chi connectivity index (χ0n) is 13.4. The third-order valence-corrected chi connectivity index (χ3v) is 5.01. The minimum atomic E-state index is -0.130. The quantitative estimate of drug-likeness (QED) is 0.842. The molecule has 0 radical (unpaired) electrons. The van der Waals surface area contributed by atoms with Gasteiger partial charge in [-0.05, 0) is 31.7 Å². The number of piperidine rings is 1. The van der Waals surface area contributed by atoms with E-state index in [-0.39, 0.29) is 23.8 Å². The molecule has 118 valence electrons. The van der Waals surface area contributed by atoms with Crippen molar-refractivity contribution in [2.45, 2.75) is 38.6 Å². The molecule has 3 rings (SSSR count). The van der Waals surface area contributed by atoms with Crippen LogP contribution in [0.4, 0.5) is 0 Å². The van der Waals surface area contributed by atoms with Gasteiger partial charge in [0.05, 0.1) is 12.0 Å². The van der Waals surface area contributed by atoms with Gasteiger partial charge in [-0.3, -0.25) is 9.59 Å². The maximum Gasteiger partial charge on any atom is 0.228 e. The molecule has 0 aliphatic carbocycles. The third-order valence-electron chi connectivity index (χ3n) is 5.01. The zero-order chi connectivity index (χ0) is 15.7. The summed E-state index contributed by atoms with van der Waals surface area (Å²) in [6, 6.07) is 8.09. The predicted molar refractivity (Wildman–Crippen MR) is 85.2 cm³/mol. The van der Waals surface area contributed by atoms with Gasteiger partial charge in [-0.15, -0.1) is 0 Å².